The van der Waals surface area contributed by atoms with Crippen LogP contribution >= 0.6 is 0 Å². The van der Waals surface area contributed by atoms with E-state index < -0.39 is 5.97 Å². The maximum absolute atomic E-state index is 11.1. The molecule has 1 N–H and O–H groups in total. The van der Waals surface area contributed by atoms with Crippen LogP contribution in [-0.2, 0) is 9.53 Å². The Bertz CT molecular complexity index is 216. The van der Waals surface area contributed by atoms with Gasteiger partial charge >= 0.3 is 5.97 Å². The molecule has 13 heavy (non-hydrogen) atoms. The summed E-state index contributed by atoms with van der Waals surface area (Å²) in [5.41, 5.74) is 0.188. The molecule has 0 aliphatic rings. The molecule has 0 saturated heterocycles. The van der Waals surface area contributed by atoms with Crippen molar-refractivity contribution in [1.29, 1.82) is 0 Å². The topological polar surface area (TPSA) is 46.5 Å². The maximum atomic E-state index is 11.1. The van der Waals surface area contributed by atoms with E-state index in [0.717, 1.165) is 6.42 Å². The Hall–Kier alpha value is -1.25. The average Bonchev–Trinajstić information content (AvgIpc) is 2.13. The maximum Gasteiger partial charge on any atom is 0.337 e. The fourth-order valence-corrected chi connectivity index (χ4v) is 0.650. The van der Waals surface area contributed by atoms with Crippen molar-refractivity contribution in [1.82, 2.24) is 0 Å². The number of carbonyl (C=O) groups excluding carboxylic acids is 1. The van der Waals surface area contributed by atoms with Gasteiger partial charge in [-0.25, -0.2) is 4.79 Å². The van der Waals surface area contributed by atoms with Crippen LogP contribution in [0.5, 0.6) is 0 Å². The third-order valence-corrected chi connectivity index (χ3v) is 1.40. The van der Waals surface area contributed by atoms with E-state index in [9.17, 15) is 4.79 Å². The fourth-order valence-electron chi connectivity index (χ4n) is 0.650. The number of hydrogen-bond donors (Lipinski definition) is 1. The summed E-state index contributed by atoms with van der Waals surface area (Å²) in [5, 5.41) is 9.10. The molecule has 3 nitrogen and oxygen atoms in total. The molecular formula is C10H16O3. The second-order valence-corrected chi connectivity index (χ2v) is 2.65. The molecule has 0 amide bonds. The zero-order chi connectivity index (χ0) is 10.3. The van der Waals surface area contributed by atoms with Gasteiger partial charge in [0.25, 0.3) is 0 Å². The highest BCUT2D eigenvalue weighted by atomic mass is 16.5. The van der Waals surface area contributed by atoms with Crippen molar-refractivity contribution in [3.63, 3.8) is 0 Å². The first kappa shape index (κ1) is 11.8. The minimum atomic E-state index is -0.471. The predicted octanol–water partition coefficient (Wildman–Crippen LogP) is 2.35. The van der Waals surface area contributed by atoms with Crippen molar-refractivity contribution in [2.75, 3.05) is 6.61 Å². The van der Waals surface area contributed by atoms with Crippen LogP contribution in [0, 0.1) is 0 Å². The molecule has 0 aromatic heterocycles. The molecule has 3 heteroatoms. The van der Waals surface area contributed by atoms with E-state index in [4.69, 9.17) is 9.84 Å². The third kappa shape index (κ3) is 5.06. The first-order valence-corrected chi connectivity index (χ1v) is 4.37. The summed E-state index contributed by atoms with van der Waals surface area (Å²) in [6, 6.07) is 0. The van der Waals surface area contributed by atoms with E-state index in [2.05, 4.69) is 6.58 Å². The lowest BCUT2D eigenvalue weighted by atomic mass is 10.2. The Morgan fingerprint density at radius 1 is 1.54 bits per heavy atom. The number of allylic oxidation sites excluding steroid dienone is 1. The molecule has 0 atom stereocenters. The summed E-state index contributed by atoms with van der Waals surface area (Å²) in [6.07, 6.45) is 2.60. The highest BCUT2D eigenvalue weighted by molar-refractivity contribution is 5.90. The zero-order valence-electron chi connectivity index (χ0n) is 8.17. The van der Waals surface area contributed by atoms with Gasteiger partial charge in [-0.3, -0.25) is 0 Å². The molecule has 0 unspecified atom stereocenters. The summed E-state index contributed by atoms with van der Waals surface area (Å²) in [5.74, 6) is -0.333. The lowest BCUT2D eigenvalue weighted by Crippen LogP contribution is -2.06. The number of aliphatic hydroxyl groups excluding tert-OH is 1. The quantitative estimate of drug-likeness (QED) is 0.309. The van der Waals surface area contributed by atoms with Crippen LogP contribution < -0.4 is 0 Å². The SMILES string of the molecule is C=C(C=C(O)CC)C(=O)OCCC. The molecule has 0 saturated carbocycles. The number of carbonyl (C=O) groups is 1. The van der Waals surface area contributed by atoms with E-state index in [0.29, 0.717) is 13.0 Å². The van der Waals surface area contributed by atoms with Gasteiger partial charge in [0.2, 0.25) is 0 Å². The van der Waals surface area contributed by atoms with Crippen LogP contribution in [0.4, 0.5) is 0 Å². The average molecular weight is 184 g/mol. The Morgan fingerprint density at radius 2 is 2.15 bits per heavy atom. The molecular weight excluding hydrogens is 168 g/mol. The molecule has 0 aromatic rings. The minimum Gasteiger partial charge on any atom is -0.512 e. The lowest BCUT2D eigenvalue weighted by molar-refractivity contribution is -0.138. The Balaban J connectivity index is 4.04. The van der Waals surface area contributed by atoms with Gasteiger partial charge in [0.15, 0.2) is 0 Å². The molecule has 0 radical (unpaired) electrons. The molecule has 0 heterocycles. The van der Waals surface area contributed by atoms with Crippen molar-refractivity contribution in [2.45, 2.75) is 26.7 Å². The number of esters is 1. The normalized spacial score (nSPS) is 11.1. The molecule has 0 aliphatic heterocycles. The highest BCUT2D eigenvalue weighted by Crippen LogP contribution is 2.03. The summed E-state index contributed by atoms with van der Waals surface area (Å²) in [7, 11) is 0. The van der Waals surface area contributed by atoms with Gasteiger partial charge < -0.3 is 9.84 Å². The first-order valence-electron chi connectivity index (χ1n) is 4.37. The smallest absolute Gasteiger partial charge is 0.337 e. The van der Waals surface area contributed by atoms with E-state index in [-0.39, 0.29) is 11.3 Å². The van der Waals surface area contributed by atoms with Gasteiger partial charge in [-0.05, 0) is 12.5 Å². The fraction of sp³-hybridized carbons (Fsp3) is 0.500. The van der Waals surface area contributed by atoms with E-state index in [1.54, 1.807) is 6.92 Å². The third-order valence-electron chi connectivity index (χ3n) is 1.40. The first-order chi connectivity index (χ1) is 6.11. The van der Waals surface area contributed by atoms with Gasteiger partial charge in [-0.15, -0.1) is 0 Å². The van der Waals surface area contributed by atoms with Crippen LogP contribution in [0.2, 0.25) is 0 Å². The van der Waals surface area contributed by atoms with Crippen molar-refractivity contribution >= 4 is 5.97 Å². The highest BCUT2D eigenvalue weighted by Gasteiger charge is 2.05. The Kier molecular flexibility index (Phi) is 5.68. The molecule has 74 valence electrons. The van der Waals surface area contributed by atoms with Crippen LogP contribution in [0.15, 0.2) is 24.0 Å². The molecule has 0 aliphatic carbocycles. The Morgan fingerprint density at radius 3 is 2.62 bits per heavy atom. The number of aliphatic hydroxyl groups is 1. The van der Waals surface area contributed by atoms with Crippen LogP contribution in [0.1, 0.15) is 26.7 Å². The summed E-state index contributed by atoms with van der Waals surface area (Å²) in [4.78, 5) is 11.1. The molecule has 0 rings (SSSR count). The van der Waals surface area contributed by atoms with Crippen molar-refractivity contribution < 1.29 is 14.6 Å². The van der Waals surface area contributed by atoms with E-state index in [1.807, 2.05) is 6.92 Å². The predicted molar refractivity (Wildman–Crippen MR) is 51.4 cm³/mol. The van der Waals surface area contributed by atoms with Crippen molar-refractivity contribution in [3.8, 4) is 0 Å². The van der Waals surface area contributed by atoms with Gasteiger partial charge in [-0.2, -0.15) is 0 Å². The largest absolute Gasteiger partial charge is 0.512 e. The second-order valence-electron chi connectivity index (χ2n) is 2.65. The molecule has 0 fully saturated rings. The Labute approximate surface area is 78.7 Å². The second kappa shape index (κ2) is 6.29. The molecule has 0 aromatic carbocycles. The lowest BCUT2D eigenvalue weighted by Gasteiger charge is -2.02. The van der Waals surface area contributed by atoms with Crippen LogP contribution in [-0.4, -0.2) is 17.7 Å². The van der Waals surface area contributed by atoms with Gasteiger partial charge in [0, 0.05) is 6.42 Å². The van der Waals surface area contributed by atoms with E-state index in [1.165, 1.54) is 6.08 Å². The van der Waals surface area contributed by atoms with Crippen LogP contribution in [0.3, 0.4) is 0 Å². The van der Waals surface area contributed by atoms with Gasteiger partial charge in [0.1, 0.15) is 0 Å². The van der Waals surface area contributed by atoms with Gasteiger partial charge in [0.05, 0.1) is 17.9 Å². The number of rotatable bonds is 5. The van der Waals surface area contributed by atoms with Crippen molar-refractivity contribution in [2.24, 2.45) is 0 Å². The minimum absolute atomic E-state index is 0.137. The monoisotopic (exact) mass is 184 g/mol. The van der Waals surface area contributed by atoms with E-state index >= 15 is 0 Å². The molecule has 0 bridgehead atoms. The molecule has 0 spiro atoms. The standard InChI is InChI=1S/C10H16O3/c1-4-6-13-10(12)8(3)7-9(11)5-2/h7,11H,3-6H2,1-2H3. The van der Waals surface area contributed by atoms with Gasteiger partial charge in [-0.1, -0.05) is 20.4 Å². The summed E-state index contributed by atoms with van der Waals surface area (Å²) >= 11 is 0. The van der Waals surface area contributed by atoms with Crippen LogP contribution in [0.25, 0.3) is 0 Å². The van der Waals surface area contributed by atoms with Crippen molar-refractivity contribution in [3.05, 3.63) is 24.0 Å². The zero-order valence-corrected chi connectivity index (χ0v) is 8.17. The summed E-state index contributed by atoms with van der Waals surface area (Å²) in [6.45, 7) is 7.57. The number of hydrogen-bond acceptors (Lipinski definition) is 3. The summed E-state index contributed by atoms with van der Waals surface area (Å²) < 4.78 is 4.80. The number of ether oxygens (including phenoxy) is 1.